The molecule has 0 saturated carbocycles. The predicted molar refractivity (Wildman–Crippen MR) is 68.0 cm³/mol. The second-order valence-electron chi connectivity index (χ2n) is 4.51. The Morgan fingerprint density at radius 3 is 2.22 bits per heavy atom. The van der Waals surface area contributed by atoms with Crippen molar-refractivity contribution in [1.29, 1.82) is 0 Å². The molecule has 0 radical (unpaired) electrons. The first-order chi connectivity index (χ1) is 8.17. The maximum Gasteiger partial charge on any atom is 0.326 e. The van der Waals surface area contributed by atoms with Gasteiger partial charge in [0, 0.05) is 12.2 Å². The molecule has 0 rings (SSSR count). The maximum absolute atomic E-state index is 11.6. The third kappa shape index (κ3) is 7.26. The molecule has 0 aromatic rings. The summed E-state index contributed by atoms with van der Waals surface area (Å²) in [6.07, 6.45) is 2.42. The topological polar surface area (TPSA) is 101 Å². The van der Waals surface area contributed by atoms with E-state index >= 15 is 0 Å². The molecule has 2 unspecified atom stereocenters. The zero-order valence-corrected chi connectivity index (χ0v) is 11.8. The smallest absolute Gasteiger partial charge is 0.326 e. The van der Waals surface area contributed by atoms with Gasteiger partial charge in [0.15, 0.2) is 0 Å². The number of hydrogen-bond donors (Lipinski definition) is 2. The molecule has 18 heavy (non-hydrogen) atoms. The monoisotopic (exact) mass is 279 g/mol. The van der Waals surface area contributed by atoms with Crippen LogP contribution in [-0.2, 0) is 19.4 Å². The Morgan fingerprint density at radius 1 is 1.28 bits per heavy atom. The minimum atomic E-state index is -3.23. The Hall–Kier alpha value is -1.11. The molecular weight excluding hydrogens is 258 g/mol. The lowest BCUT2D eigenvalue weighted by molar-refractivity contribution is -0.142. The van der Waals surface area contributed by atoms with Gasteiger partial charge in [0.25, 0.3) is 0 Å². The van der Waals surface area contributed by atoms with Crippen molar-refractivity contribution < 1.29 is 23.1 Å². The largest absolute Gasteiger partial charge is 0.480 e. The Balaban J connectivity index is 4.45. The normalized spacial score (nSPS) is 14.8. The number of hydrogen-bond acceptors (Lipinski definition) is 4. The second-order valence-corrected chi connectivity index (χ2v) is 6.77. The molecule has 0 heterocycles. The summed E-state index contributed by atoms with van der Waals surface area (Å²) in [5.74, 6) is -2.09. The number of nitrogens with one attached hydrogen (secondary N) is 1. The van der Waals surface area contributed by atoms with Gasteiger partial charge in [-0.3, -0.25) is 4.79 Å². The van der Waals surface area contributed by atoms with Gasteiger partial charge < -0.3 is 10.4 Å². The molecule has 6 nitrogen and oxygen atoms in total. The summed E-state index contributed by atoms with van der Waals surface area (Å²) >= 11 is 0. The molecule has 0 saturated heterocycles. The molecule has 0 fully saturated rings. The third-order valence-corrected chi connectivity index (χ3v) is 3.54. The minimum absolute atomic E-state index is 0.112. The summed E-state index contributed by atoms with van der Waals surface area (Å²) in [4.78, 5) is 22.6. The zero-order chi connectivity index (χ0) is 14.3. The third-order valence-electron chi connectivity index (χ3n) is 2.56. The first-order valence-corrected chi connectivity index (χ1v) is 7.94. The van der Waals surface area contributed by atoms with E-state index in [9.17, 15) is 18.0 Å². The summed E-state index contributed by atoms with van der Waals surface area (Å²) in [6, 6.07) is -1.15. The summed E-state index contributed by atoms with van der Waals surface area (Å²) in [5, 5.41) is 11.3. The Kier molecular flexibility index (Phi) is 6.90. The van der Waals surface area contributed by atoms with E-state index in [1.165, 1.54) is 0 Å². The highest BCUT2D eigenvalue weighted by atomic mass is 32.2. The number of carboxylic acid groups (broad SMARTS) is 1. The zero-order valence-electron chi connectivity index (χ0n) is 11.0. The van der Waals surface area contributed by atoms with Crippen LogP contribution in [0.25, 0.3) is 0 Å². The number of rotatable bonds is 8. The van der Waals surface area contributed by atoms with Crippen molar-refractivity contribution in [3.05, 3.63) is 0 Å². The van der Waals surface area contributed by atoms with Crippen molar-refractivity contribution in [2.45, 2.75) is 39.2 Å². The van der Waals surface area contributed by atoms with Crippen molar-refractivity contribution >= 4 is 21.7 Å². The molecule has 0 aliphatic rings. The average Bonchev–Trinajstić information content (AvgIpc) is 2.22. The molecule has 0 aromatic heterocycles. The van der Waals surface area contributed by atoms with Crippen LogP contribution in [-0.4, -0.2) is 43.5 Å². The predicted octanol–water partition coefficient (Wildman–Crippen LogP) is 0.427. The van der Waals surface area contributed by atoms with Crippen LogP contribution >= 0.6 is 0 Å². The van der Waals surface area contributed by atoms with Gasteiger partial charge in [-0.1, -0.05) is 20.3 Å². The van der Waals surface area contributed by atoms with Gasteiger partial charge in [0.05, 0.1) is 5.75 Å². The molecule has 0 aliphatic carbocycles. The quantitative estimate of drug-likeness (QED) is 0.671. The molecule has 0 aliphatic heterocycles. The van der Waals surface area contributed by atoms with Crippen molar-refractivity contribution in [2.75, 3.05) is 12.0 Å². The summed E-state index contributed by atoms with van der Waals surface area (Å²) in [5.41, 5.74) is 0. The van der Waals surface area contributed by atoms with Gasteiger partial charge in [-0.2, -0.15) is 0 Å². The first-order valence-electron chi connectivity index (χ1n) is 5.88. The van der Waals surface area contributed by atoms with E-state index in [4.69, 9.17) is 5.11 Å². The van der Waals surface area contributed by atoms with Gasteiger partial charge >= 0.3 is 5.97 Å². The van der Waals surface area contributed by atoms with E-state index in [1.807, 2.05) is 6.92 Å². The van der Waals surface area contributed by atoms with E-state index < -0.39 is 21.8 Å². The average molecular weight is 279 g/mol. The second kappa shape index (κ2) is 7.35. The fourth-order valence-electron chi connectivity index (χ4n) is 1.47. The van der Waals surface area contributed by atoms with Gasteiger partial charge in [-0.25, -0.2) is 13.2 Å². The van der Waals surface area contributed by atoms with Gasteiger partial charge in [0.2, 0.25) is 5.91 Å². The standard InChI is InChI=1S/C11H21NO5S/c1-4-5-8(2)10(13)12-9(11(14)15)6-7-18(3,16)17/h8-9H,4-7H2,1-3H3,(H,12,13)(H,14,15). The Labute approximate surface area is 108 Å². The summed E-state index contributed by atoms with van der Waals surface area (Å²) in [6.45, 7) is 3.65. The van der Waals surface area contributed by atoms with Crippen molar-refractivity contribution in [1.82, 2.24) is 5.32 Å². The number of carboxylic acids is 1. The van der Waals surface area contributed by atoms with Crippen LogP contribution in [0.2, 0.25) is 0 Å². The van der Waals surface area contributed by atoms with Crippen LogP contribution in [0.5, 0.6) is 0 Å². The van der Waals surface area contributed by atoms with Crippen molar-refractivity contribution in [3.8, 4) is 0 Å². The lowest BCUT2D eigenvalue weighted by Crippen LogP contribution is -2.44. The van der Waals surface area contributed by atoms with Crippen molar-refractivity contribution in [2.24, 2.45) is 5.92 Å². The molecule has 7 heteroatoms. The van der Waals surface area contributed by atoms with Crippen LogP contribution in [0.1, 0.15) is 33.1 Å². The lowest BCUT2D eigenvalue weighted by Gasteiger charge is -2.17. The number of sulfone groups is 1. The number of carbonyl (C=O) groups is 2. The number of amides is 1. The van der Waals surface area contributed by atoms with Crippen LogP contribution in [0.3, 0.4) is 0 Å². The SMILES string of the molecule is CCCC(C)C(=O)NC(CCS(C)(=O)=O)C(=O)O. The van der Waals surface area contributed by atoms with E-state index in [0.29, 0.717) is 6.42 Å². The first kappa shape index (κ1) is 16.9. The number of carbonyl (C=O) groups excluding carboxylic acids is 1. The van der Waals surface area contributed by atoms with E-state index in [1.54, 1.807) is 6.92 Å². The molecule has 0 spiro atoms. The van der Waals surface area contributed by atoms with Gasteiger partial charge in [-0.05, 0) is 12.8 Å². The minimum Gasteiger partial charge on any atom is -0.480 e. The van der Waals surface area contributed by atoms with Crippen LogP contribution < -0.4 is 5.32 Å². The highest BCUT2D eigenvalue weighted by Crippen LogP contribution is 2.06. The molecule has 106 valence electrons. The fourth-order valence-corrected chi connectivity index (χ4v) is 2.13. The molecule has 0 aromatic carbocycles. The van der Waals surface area contributed by atoms with Gasteiger partial charge in [-0.15, -0.1) is 0 Å². The summed E-state index contributed by atoms with van der Waals surface area (Å²) < 4.78 is 21.9. The Morgan fingerprint density at radius 2 is 1.83 bits per heavy atom. The molecule has 2 N–H and O–H groups in total. The van der Waals surface area contributed by atoms with Crippen LogP contribution in [0.15, 0.2) is 0 Å². The number of aliphatic carboxylic acids is 1. The molecule has 0 bridgehead atoms. The van der Waals surface area contributed by atoms with E-state index in [0.717, 1.165) is 12.7 Å². The lowest BCUT2D eigenvalue weighted by atomic mass is 10.0. The summed E-state index contributed by atoms with van der Waals surface area (Å²) in [7, 11) is -3.23. The van der Waals surface area contributed by atoms with Crippen molar-refractivity contribution in [3.63, 3.8) is 0 Å². The molecule has 2 atom stereocenters. The van der Waals surface area contributed by atoms with Gasteiger partial charge in [0.1, 0.15) is 15.9 Å². The fraction of sp³-hybridized carbons (Fsp3) is 0.818. The Bertz CT molecular complexity index is 390. The molecular formula is C11H21NO5S. The van der Waals surface area contributed by atoms with Crippen LogP contribution in [0.4, 0.5) is 0 Å². The maximum atomic E-state index is 11.6. The molecule has 1 amide bonds. The van der Waals surface area contributed by atoms with E-state index in [-0.39, 0.29) is 24.0 Å². The van der Waals surface area contributed by atoms with E-state index in [2.05, 4.69) is 5.32 Å². The highest BCUT2D eigenvalue weighted by Gasteiger charge is 2.23. The van der Waals surface area contributed by atoms with Crippen LogP contribution in [0, 0.1) is 5.92 Å². The highest BCUT2D eigenvalue weighted by molar-refractivity contribution is 7.90.